The Bertz CT molecular complexity index is 250. The molecule has 2 aliphatic rings. The van der Waals surface area contributed by atoms with E-state index in [1.807, 2.05) is 0 Å². The third-order valence-corrected chi connectivity index (χ3v) is 5.17. The first kappa shape index (κ1) is 14.3. The third-order valence-electron chi connectivity index (χ3n) is 5.17. The number of hydrogen-bond donors (Lipinski definition) is 1. The van der Waals surface area contributed by atoms with Crippen LogP contribution in [-0.2, 0) is 0 Å². The van der Waals surface area contributed by atoms with Gasteiger partial charge in [0, 0.05) is 6.54 Å². The molecule has 0 aromatic rings. The van der Waals surface area contributed by atoms with Crippen molar-refractivity contribution in [3.8, 4) is 0 Å². The summed E-state index contributed by atoms with van der Waals surface area (Å²) in [7, 11) is 0. The lowest BCUT2D eigenvalue weighted by atomic mass is 9.75. The van der Waals surface area contributed by atoms with Gasteiger partial charge in [0.25, 0.3) is 0 Å². The Balaban J connectivity index is 1.76. The molecule has 2 nitrogen and oxygen atoms in total. The highest BCUT2D eigenvalue weighted by Gasteiger charge is 2.31. The highest BCUT2D eigenvalue weighted by molar-refractivity contribution is 4.83. The molecule has 2 unspecified atom stereocenters. The second-order valence-corrected chi connectivity index (χ2v) is 7.55. The van der Waals surface area contributed by atoms with E-state index in [4.69, 9.17) is 0 Å². The molecule has 1 heterocycles. The third kappa shape index (κ3) is 3.71. The summed E-state index contributed by atoms with van der Waals surface area (Å²) in [6, 6.07) is 0. The van der Waals surface area contributed by atoms with Crippen molar-refractivity contribution in [2.24, 2.45) is 17.3 Å². The van der Waals surface area contributed by atoms with Crippen LogP contribution >= 0.6 is 0 Å². The van der Waals surface area contributed by atoms with Gasteiger partial charge < -0.3 is 10.0 Å². The summed E-state index contributed by atoms with van der Waals surface area (Å²) in [4.78, 5) is 2.60. The van der Waals surface area contributed by atoms with Crippen molar-refractivity contribution in [2.45, 2.75) is 65.4 Å². The summed E-state index contributed by atoms with van der Waals surface area (Å²) in [5.74, 6) is 1.43. The van der Waals surface area contributed by atoms with Crippen LogP contribution in [0.2, 0.25) is 0 Å². The molecular weight excluding hydrogens is 222 g/mol. The molecule has 18 heavy (non-hydrogen) atoms. The van der Waals surface area contributed by atoms with Crippen molar-refractivity contribution < 1.29 is 5.11 Å². The highest BCUT2D eigenvalue weighted by atomic mass is 16.3. The molecule has 0 aromatic carbocycles. The Hall–Kier alpha value is -0.0800. The Kier molecular flexibility index (Phi) is 4.71. The molecule has 2 rings (SSSR count). The first-order valence-corrected chi connectivity index (χ1v) is 7.87. The number of aliphatic hydroxyl groups is 1. The quantitative estimate of drug-likeness (QED) is 0.816. The van der Waals surface area contributed by atoms with Crippen LogP contribution in [0.25, 0.3) is 0 Å². The van der Waals surface area contributed by atoms with E-state index in [9.17, 15) is 5.11 Å². The van der Waals surface area contributed by atoms with E-state index in [1.54, 1.807) is 0 Å². The van der Waals surface area contributed by atoms with E-state index in [0.29, 0.717) is 11.3 Å². The summed E-state index contributed by atoms with van der Waals surface area (Å²) >= 11 is 0. The molecule has 1 saturated heterocycles. The maximum Gasteiger partial charge on any atom is 0.0580 e. The molecule has 1 aliphatic heterocycles. The number of rotatable bonds is 2. The summed E-state index contributed by atoms with van der Waals surface area (Å²) in [6.07, 6.45) is 7.46. The van der Waals surface area contributed by atoms with Crippen molar-refractivity contribution >= 4 is 0 Å². The predicted octanol–water partition coefficient (Wildman–Crippen LogP) is 3.30. The van der Waals surface area contributed by atoms with E-state index in [2.05, 4.69) is 25.7 Å². The molecule has 2 fully saturated rings. The Morgan fingerprint density at radius 2 is 1.61 bits per heavy atom. The minimum Gasteiger partial charge on any atom is -0.393 e. The van der Waals surface area contributed by atoms with Gasteiger partial charge in [0.1, 0.15) is 0 Å². The monoisotopic (exact) mass is 253 g/mol. The lowest BCUT2D eigenvalue weighted by molar-refractivity contribution is 0.0303. The maximum atomic E-state index is 10.1. The smallest absolute Gasteiger partial charge is 0.0580 e. The maximum absolute atomic E-state index is 10.1. The van der Waals surface area contributed by atoms with Crippen LogP contribution in [-0.4, -0.2) is 35.7 Å². The van der Waals surface area contributed by atoms with Gasteiger partial charge in [0.15, 0.2) is 0 Å². The van der Waals surface area contributed by atoms with Crippen LogP contribution in [0.1, 0.15) is 59.3 Å². The summed E-state index contributed by atoms with van der Waals surface area (Å²) < 4.78 is 0. The van der Waals surface area contributed by atoms with Gasteiger partial charge in [0.2, 0.25) is 0 Å². The van der Waals surface area contributed by atoms with Gasteiger partial charge in [-0.15, -0.1) is 0 Å². The second-order valence-electron chi connectivity index (χ2n) is 7.55. The second kappa shape index (κ2) is 5.92. The molecule has 0 spiro atoms. The van der Waals surface area contributed by atoms with Crippen LogP contribution < -0.4 is 0 Å². The fourth-order valence-corrected chi connectivity index (χ4v) is 3.71. The lowest BCUT2D eigenvalue weighted by Crippen LogP contribution is -2.43. The van der Waals surface area contributed by atoms with Crippen LogP contribution in [0.3, 0.4) is 0 Å². The minimum absolute atomic E-state index is 0.0286. The van der Waals surface area contributed by atoms with Crippen LogP contribution in [0, 0.1) is 17.3 Å². The van der Waals surface area contributed by atoms with Gasteiger partial charge in [-0.25, -0.2) is 0 Å². The van der Waals surface area contributed by atoms with Crippen molar-refractivity contribution in [1.82, 2.24) is 4.90 Å². The highest BCUT2D eigenvalue weighted by Crippen LogP contribution is 2.35. The standard InChI is InChI=1S/C16H31NO/c1-16(2,3)14-8-10-17(11-9-14)12-13-6-4-5-7-15(13)18/h13-15,18H,4-12H2,1-3H3. The Morgan fingerprint density at radius 3 is 2.17 bits per heavy atom. The van der Waals surface area contributed by atoms with E-state index >= 15 is 0 Å². The number of likely N-dealkylation sites (tertiary alicyclic amines) is 1. The van der Waals surface area contributed by atoms with Crippen molar-refractivity contribution in [2.75, 3.05) is 19.6 Å². The number of hydrogen-bond acceptors (Lipinski definition) is 2. The first-order valence-electron chi connectivity index (χ1n) is 7.87. The normalized spacial score (nSPS) is 32.7. The van der Waals surface area contributed by atoms with Gasteiger partial charge in [-0.2, -0.15) is 0 Å². The van der Waals surface area contributed by atoms with Gasteiger partial charge in [-0.3, -0.25) is 0 Å². The Labute approximate surface area is 113 Å². The fraction of sp³-hybridized carbons (Fsp3) is 1.00. The SMILES string of the molecule is CC(C)(C)C1CCN(CC2CCCCC2O)CC1. The summed E-state index contributed by atoms with van der Waals surface area (Å²) in [5.41, 5.74) is 0.469. The van der Waals surface area contributed by atoms with Crippen LogP contribution in [0.5, 0.6) is 0 Å². The molecule has 0 radical (unpaired) electrons. The molecular formula is C16H31NO. The molecule has 2 atom stereocenters. The molecule has 1 N–H and O–H groups in total. The van der Waals surface area contributed by atoms with E-state index in [0.717, 1.165) is 18.9 Å². The molecule has 1 saturated carbocycles. The number of aliphatic hydroxyl groups excluding tert-OH is 1. The largest absolute Gasteiger partial charge is 0.393 e. The summed E-state index contributed by atoms with van der Waals surface area (Å²) in [6.45, 7) is 10.7. The minimum atomic E-state index is -0.0286. The molecule has 2 heteroatoms. The van der Waals surface area contributed by atoms with Gasteiger partial charge in [-0.05, 0) is 56.0 Å². The molecule has 106 valence electrons. The molecule has 0 aromatic heterocycles. The van der Waals surface area contributed by atoms with Gasteiger partial charge in [0.05, 0.1) is 6.10 Å². The lowest BCUT2D eigenvalue weighted by Gasteiger charge is -2.41. The average Bonchev–Trinajstić information content (AvgIpc) is 2.32. The van der Waals surface area contributed by atoms with E-state index in [-0.39, 0.29) is 6.10 Å². The average molecular weight is 253 g/mol. The molecule has 0 bridgehead atoms. The zero-order valence-electron chi connectivity index (χ0n) is 12.5. The number of nitrogens with zero attached hydrogens (tertiary/aromatic N) is 1. The van der Waals surface area contributed by atoms with Crippen molar-refractivity contribution in [1.29, 1.82) is 0 Å². The van der Waals surface area contributed by atoms with Crippen molar-refractivity contribution in [3.05, 3.63) is 0 Å². The summed E-state index contributed by atoms with van der Waals surface area (Å²) in [5, 5.41) is 10.1. The Morgan fingerprint density at radius 1 is 1.00 bits per heavy atom. The van der Waals surface area contributed by atoms with Crippen LogP contribution in [0.4, 0.5) is 0 Å². The topological polar surface area (TPSA) is 23.5 Å². The predicted molar refractivity (Wildman–Crippen MR) is 76.6 cm³/mol. The zero-order valence-corrected chi connectivity index (χ0v) is 12.5. The zero-order chi connectivity index (χ0) is 13.2. The molecule has 1 aliphatic carbocycles. The van der Waals surface area contributed by atoms with Gasteiger partial charge >= 0.3 is 0 Å². The number of piperidine rings is 1. The van der Waals surface area contributed by atoms with E-state index in [1.165, 1.54) is 45.2 Å². The van der Waals surface area contributed by atoms with Gasteiger partial charge in [-0.1, -0.05) is 33.6 Å². The molecule has 0 amide bonds. The van der Waals surface area contributed by atoms with E-state index < -0.39 is 0 Å². The fourth-order valence-electron chi connectivity index (χ4n) is 3.71. The van der Waals surface area contributed by atoms with Crippen molar-refractivity contribution in [3.63, 3.8) is 0 Å². The first-order chi connectivity index (χ1) is 8.47. The van der Waals surface area contributed by atoms with Crippen LogP contribution in [0.15, 0.2) is 0 Å².